The van der Waals surface area contributed by atoms with E-state index in [-0.39, 0.29) is 0 Å². The van der Waals surface area contributed by atoms with E-state index in [0.717, 1.165) is 10.9 Å². The highest BCUT2D eigenvalue weighted by molar-refractivity contribution is 9.10. The minimum Gasteiger partial charge on any atom is -0.0866 e. The van der Waals surface area contributed by atoms with Gasteiger partial charge in [-0.2, -0.15) is 0 Å². The van der Waals surface area contributed by atoms with Crippen molar-refractivity contribution in [3.8, 4) is 6.57 Å². The lowest BCUT2D eigenvalue weighted by molar-refractivity contribution is 1.08. The van der Waals surface area contributed by atoms with E-state index in [9.17, 15) is 0 Å². The summed E-state index contributed by atoms with van der Waals surface area (Å²) >= 11 is 3.37. The maximum Gasteiger partial charge on any atom is 0.267 e. The van der Waals surface area contributed by atoms with E-state index in [1.807, 2.05) is 12.1 Å². The third kappa shape index (κ3) is 2.73. The fourth-order valence-electron chi connectivity index (χ4n) is 0.845. The molecule has 0 aliphatic rings. The number of hydrogen-bond acceptors (Lipinski definition) is 0. The fraction of sp³-hybridized carbons (Fsp3) is 0.222. The molecule has 0 aromatic heterocycles. The van der Waals surface area contributed by atoms with Crippen molar-refractivity contribution in [3.63, 3.8) is 0 Å². The Kier molecular flexibility index (Phi) is 3.13. The van der Waals surface area contributed by atoms with Gasteiger partial charge in [0.2, 0.25) is 0 Å². The molecule has 1 aromatic carbocycles. The molecule has 11 heavy (non-hydrogen) atoms. The van der Waals surface area contributed by atoms with Gasteiger partial charge >= 0.3 is 0 Å². The van der Waals surface area contributed by atoms with Crippen LogP contribution in [-0.4, -0.2) is 6.54 Å². The van der Waals surface area contributed by atoms with Crippen LogP contribution in [0.2, 0.25) is 0 Å². The largest absolute Gasteiger partial charge is 0.267 e. The third-order valence-corrected chi connectivity index (χ3v) is 1.97. The molecule has 0 spiro atoms. The van der Waals surface area contributed by atoms with E-state index < -0.39 is 0 Å². The Morgan fingerprint density at radius 2 is 1.91 bits per heavy atom. The van der Waals surface area contributed by atoms with Crippen LogP contribution in [-0.2, 0) is 6.42 Å². The van der Waals surface area contributed by atoms with Gasteiger partial charge in [0.15, 0.2) is 0 Å². The quantitative estimate of drug-likeness (QED) is 0.708. The van der Waals surface area contributed by atoms with E-state index in [2.05, 4.69) is 32.9 Å². The normalized spacial score (nSPS) is 9.09. The highest BCUT2D eigenvalue weighted by Crippen LogP contribution is 2.10. The lowest BCUT2D eigenvalue weighted by Crippen LogP contribution is -1.85. The highest BCUT2D eigenvalue weighted by atomic mass is 79.9. The minimum atomic E-state index is 0.696. The second-order valence-corrected chi connectivity index (χ2v) is 3.20. The zero-order chi connectivity index (χ0) is 8.10. The number of nitrogens with zero attached hydrogens (tertiary/aromatic N) is 1. The van der Waals surface area contributed by atoms with Gasteiger partial charge in [0.1, 0.15) is 0 Å². The van der Waals surface area contributed by atoms with Crippen molar-refractivity contribution in [2.24, 2.45) is 0 Å². The molecule has 0 aliphatic carbocycles. The van der Waals surface area contributed by atoms with Crippen molar-refractivity contribution in [1.29, 1.82) is 0 Å². The maximum atomic E-state index is 5.02. The Bertz CT molecular complexity index is 258. The first-order valence-electron chi connectivity index (χ1n) is 3.44. The van der Waals surface area contributed by atoms with Crippen LogP contribution in [0.15, 0.2) is 28.7 Å². The Hall–Kier alpha value is -0.810. The van der Waals surface area contributed by atoms with Crippen LogP contribution >= 0.6 is 15.9 Å². The van der Waals surface area contributed by atoms with Crippen LogP contribution in [0, 0.1) is 6.57 Å². The summed E-state index contributed by atoms with van der Waals surface area (Å²) in [4.78, 5) is 3.54. The molecule has 0 aliphatic heterocycles. The highest BCUT2D eigenvalue weighted by Gasteiger charge is 1.95. The molecule has 1 rings (SSSR count). The summed E-state index contributed by atoms with van der Waals surface area (Å²) in [6.45, 7) is 5.72. The Morgan fingerprint density at radius 3 is 2.45 bits per heavy atom. The standard InChI is InChI=1S/C9H9BrN/c1-11-7-6-8-2-4-9(10)5-3-8/h1-5H,6-7H2/q+1. The van der Waals surface area contributed by atoms with E-state index in [1.165, 1.54) is 5.56 Å². The average Bonchev–Trinajstić information content (AvgIpc) is 2.04. The first kappa shape index (κ1) is 8.29. The molecule has 1 nitrogen and oxygen atoms in total. The van der Waals surface area contributed by atoms with Crippen molar-refractivity contribution in [3.05, 3.63) is 39.1 Å². The van der Waals surface area contributed by atoms with E-state index in [1.54, 1.807) is 0 Å². The molecule has 0 unspecified atom stereocenters. The lowest BCUT2D eigenvalue weighted by Gasteiger charge is -1.93. The molecule has 0 saturated heterocycles. The first-order valence-corrected chi connectivity index (χ1v) is 4.23. The molecule has 2 heteroatoms. The van der Waals surface area contributed by atoms with Gasteiger partial charge in [-0.3, -0.25) is 0 Å². The second-order valence-electron chi connectivity index (χ2n) is 2.28. The molecule has 0 radical (unpaired) electrons. The van der Waals surface area contributed by atoms with Gasteiger partial charge in [-0.05, 0) is 17.7 Å². The predicted molar refractivity (Wildman–Crippen MR) is 51.0 cm³/mol. The number of hydrogen-bond donors (Lipinski definition) is 0. The molecule has 0 bridgehead atoms. The Morgan fingerprint density at radius 1 is 1.27 bits per heavy atom. The molecule has 0 amide bonds. The smallest absolute Gasteiger partial charge is 0.0866 e. The first-order chi connectivity index (χ1) is 5.33. The summed E-state index contributed by atoms with van der Waals surface area (Å²) in [5.74, 6) is 0. The number of benzene rings is 1. The van der Waals surface area contributed by atoms with Crippen LogP contribution in [0.4, 0.5) is 0 Å². The lowest BCUT2D eigenvalue weighted by atomic mass is 10.2. The van der Waals surface area contributed by atoms with Gasteiger partial charge in [-0.15, -0.1) is 0 Å². The molecule has 0 saturated carbocycles. The van der Waals surface area contributed by atoms with Crippen LogP contribution in [0.25, 0.3) is 4.85 Å². The molecule has 0 atom stereocenters. The van der Waals surface area contributed by atoms with E-state index in [0.29, 0.717) is 6.54 Å². The van der Waals surface area contributed by atoms with Crippen molar-refractivity contribution in [1.82, 2.24) is 0 Å². The molecule has 0 N–H and O–H groups in total. The van der Waals surface area contributed by atoms with Gasteiger partial charge in [-0.25, -0.2) is 0 Å². The van der Waals surface area contributed by atoms with Crippen molar-refractivity contribution < 1.29 is 0 Å². The summed E-state index contributed by atoms with van der Waals surface area (Å²) in [7, 11) is 0. The summed E-state index contributed by atoms with van der Waals surface area (Å²) < 4.78 is 1.10. The van der Waals surface area contributed by atoms with Gasteiger partial charge in [-0.1, -0.05) is 32.9 Å². The number of halogens is 1. The van der Waals surface area contributed by atoms with Gasteiger partial charge in [0, 0.05) is 10.9 Å². The molecule has 1 aromatic rings. The SMILES string of the molecule is C#[N+]CCc1ccc(Br)cc1. The van der Waals surface area contributed by atoms with Crippen molar-refractivity contribution in [2.75, 3.05) is 6.54 Å². The van der Waals surface area contributed by atoms with Gasteiger partial charge < -0.3 is 0 Å². The monoisotopic (exact) mass is 210 g/mol. The molecule has 0 fully saturated rings. The van der Waals surface area contributed by atoms with Crippen LogP contribution < -0.4 is 0 Å². The minimum absolute atomic E-state index is 0.696. The zero-order valence-corrected chi connectivity index (χ0v) is 7.71. The summed E-state index contributed by atoms with van der Waals surface area (Å²) in [6.07, 6.45) is 0.920. The predicted octanol–water partition coefficient (Wildman–Crippen LogP) is 2.95. The summed E-state index contributed by atoms with van der Waals surface area (Å²) in [5.41, 5.74) is 1.27. The van der Waals surface area contributed by atoms with Crippen LogP contribution in [0.3, 0.4) is 0 Å². The third-order valence-electron chi connectivity index (χ3n) is 1.44. The van der Waals surface area contributed by atoms with Gasteiger partial charge in [0.05, 0.1) is 0 Å². The molecular weight excluding hydrogens is 202 g/mol. The topological polar surface area (TPSA) is 4.36 Å². The Labute approximate surface area is 75.0 Å². The second kappa shape index (κ2) is 4.15. The van der Waals surface area contributed by atoms with Crippen molar-refractivity contribution in [2.45, 2.75) is 6.42 Å². The van der Waals surface area contributed by atoms with E-state index in [4.69, 9.17) is 6.57 Å². The average molecular weight is 211 g/mol. The maximum absolute atomic E-state index is 5.02. The Balaban J connectivity index is 2.60. The van der Waals surface area contributed by atoms with E-state index >= 15 is 0 Å². The molecule has 56 valence electrons. The van der Waals surface area contributed by atoms with Crippen LogP contribution in [0.1, 0.15) is 5.56 Å². The van der Waals surface area contributed by atoms with Crippen molar-refractivity contribution >= 4 is 15.9 Å². The molecular formula is C9H9BrN+. The fourth-order valence-corrected chi connectivity index (χ4v) is 1.11. The molecule has 0 heterocycles. The van der Waals surface area contributed by atoms with Gasteiger partial charge in [0.25, 0.3) is 13.1 Å². The number of rotatable bonds is 2. The zero-order valence-electron chi connectivity index (χ0n) is 6.13. The summed E-state index contributed by atoms with van der Waals surface area (Å²) in [6, 6.07) is 8.17. The summed E-state index contributed by atoms with van der Waals surface area (Å²) in [5, 5.41) is 0. The van der Waals surface area contributed by atoms with Crippen LogP contribution in [0.5, 0.6) is 0 Å².